The van der Waals surface area contributed by atoms with E-state index in [0.717, 1.165) is 0 Å². The van der Waals surface area contributed by atoms with Gasteiger partial charge in [0, 0.05) is 31.2 Å². The van der Waals surface area contributed by atoms with E-state index in [1.807, 2.05) is 0 Å². The third-order valence-corrected chi connectivity index (χ3v) is 4.92. The van der Waals surface area contributed by atoms with Crippen molar-refractivity contribution in [2.24, 2.45) is 11.5 Å². The molecule has 4 unspecified atom stereocenters. The number of primary amides is 1. The number of carboxylic acids is 3. The summed E-state index contributed by atoms with van der Waals surface area (Å²) >= 11 is 0. The Bertz CT molecular complexity index is 998. The molecule has 204 valence electrons. The van der Waals surface area contributed by atoms with Gasteiger partial charge in [0.15, 0.2) is 0 Å². The molecule has 0 aliphatic heterocycles. The van der Waals surface area contributed by atoms with E-state index < -0.39 is 85.0 Å². The van der Waals surface area contributed by atoms with Crippen LogP contribution in [0.15, 0.2) is 12.5 Å². The molecule has 0 fully saturated rings. The van der Waals surface area contributed by atoms with Gasteiger partial charge in [0.2, 0.25) is 23.6 Å². The van der Waals surface area contributed by atoms with Crippen molar-refractivity contribution in [2.45, 2.75) is 62.7 Å². The molecule has 17 heteroatoms. The largest absolute Gasteiger partial charge is 0.481 e. The normalized spacial score (nSPS) is 13.9. The first-order valence-electron chi connectivity index (χ1n) is 10.9. The van der Waals surface area contributed by atoms with Gasteiger partial charge in [-0.1, -0.05) is 0 Å². The molecule has 0 aromatic carbocycles. The lowest BCUT2D eigenvalue weighted by atomic mass is 10.1. The van der Waals surface area contributed by atoms with E-state index in [1.54, 1.807) is 0 Å². The molecule has 4 amide bonds. The fourth-order valence-corrected chi connectivity index (χ4v) is 3.01. The van der Waals surface area contributed by atoms with Gasteiger partial charge in [0.05, 0.1) is 18.8 Å². The monoisotopic (exact) mass is 527 g/mol. The van der Waals surface area contributed by atoms with Crippen LogP contribution in [0.2, 0.25) is 0 Å². The SMILES string of the molecule is NC(=O)CCC(NC(=O)C(CCC(=O)O)NC(=O)C(Cc1cnc[nH]1)NC(=O)C(N)CC(=O)O)C(=O)O. The lowest BCUT2D eigenvalue weighted by Gasteiger charge is -2.24. The molecule has 0 aliphatic carbocycles. The first kappa shape index (κ1) is 30.5. The van der Waals surface area contributed by atoms with Crippen molar-refractivity contribution in [3.8, 4) is 0 Å². The Morgan fingerprint density at radius 1 is 0.838 bits per heavy atom. The maximum atomic E-state index is 13.0. The Morgan fingerprint density at radius 2 is 1.41 bits per heavy atom. The molecule has 1 heterocycles. The minimum Gasteiger partial charge on any atom is -0.481 e. The van der Waals surface area contributed by atoms with Crippen LogP contribution in [0.5, 0.6) is 0 Å². The van der Waals surface area contributed by atoms with Crippen LogP contribution >= 0.6 is 0 Å². The Balaban J connectivity index is 3.08. The molecule has 17 nitrogen and oxygen atoms in total. The fourth-order valence-electron chi connectivity index (χ4n) is 3.01. The van der Waals surface area contributed by atoms with Crippen molar-refractivity contribution in [1.82, 2.24) is 25.9 Å². The van der Waals surface area contributed by atoms with Crippen molar-refractivity contribution in [3.63, 3.8) is 0 Å². The number of H-pyrrole nitrogens is 1. The van der Waals surface area contributed by atoms with Gasteiger partial charge in [0.25, 0.3) is 0 Å². The smallest absolute Gasteiger partial charge is 0.326 e. The molecular formula is C20H29N7O10. The average Bonchev–Trinajstić information content (AvgIpc) is 3.30. The maximum absolute atomic E-state index is 13.0. The molecule has 37 heavy (non-hydrogen) atoms. The number of nitrogens with zero attached hydrogens (tertiary/aromatic N) is 1. The number of carbonyl (C=O) groups is 7. The number of aromatic nitrogens is 2. The van der Waals surface area contributed by atoms with Crippen molar-refractivity contribution in [2.75, 3.05) is 0 Å². The summed E-state index contributed by atoms with van der Waals surface area (Å²) in [4.78, 5) is 88.9. The van der Waals surface area contributed by atoms with E-state index >= 15 is 0 Å². The summed E-state index contributed by atoms with van der Waals surface area (Å²) in [6, 6.07) is -6.01. The Hall–Kier alpha value is -4.54. The lowest BCUT2D eigenvalue weighted by molar-refractivity contribution is -0.143. The van der Waals surface area contributed by atoms with Crippen LogP contribution in [-0.4, -0.2) is 91.0 Å². The van der Waals surface area contributed by atoms with Crippen LogP contribution < -0.4 is 27.4 Å². The number of aromatic amines is 1. The standard InChI is InChI=1S/C20H29N7O10/c21-10(6-16(31)32)17(33)27-13(5-9-7-23-8-24-9)19(35)25-11(2-4-15(29)30)18(34)26-12(20(36)37)1-3-14(22)28/h7-8,10-13H,1-6,21H2,(H2,22,28)(H,23,24)(H,25,35)(H,26,34)(H,27,33)(H,29,30)(H,31,32)(H,36,37). The Morgan fingerprint density at radius 3 is 1.92 bits per heavy atom. The second kappa shape index (κ2) is 14.8. The van der Waals surface area contributed by atoms with Crippen molar-refractivity contribution >= 4 is 41.5 Å². The highest BCUT2D eigenvalue weighted by Gasteiger charge is 2.31. The molecule has 4 atom stereocenters. The second-order valence-electron chi connectivity index (χ2n) is 7.94. The van der Waals surface area contributed by atoms with Crippen molar-refractivity contribution < 1.29 is 48.9 Å². The number of nitrogens with one attached hydrogen (secondary N) is 4. The predicted octanol–water partition coefficient (Wildman–Crippen LogP) is -3.58. The zero-order chi connectivity index (χ0) is 28.1. The summed E-state index contributed by atoms with van der Waals surface area (Å²) in [7, 11) is 0. The van der Waals surface area contributed by atoms with E-state index in [4.69, 9.17) is 21.7 Å². The molecule has 0 aliphatic rings. The van der Waals surface area contributed by atoms with E-state index in [2.05, 4.69) is 25.9 Å². The first-order valence-corrected chi connectivity index (χ1v) is 10.9. The average molecular weight is 527 g/mol. The summed E-state index contributed by atoms with van der Waals surface area (Å²) in [5.74, 6) is -7.97. The van der Waals surface area contributed by atoms with Gasteiger partial charge in [0.1, 0.15) is 18.1 Å². The number of nitrogens with two attached hydrogens (primary N) is 2. The summed E-state index contributed by atoms with van der Waals surface area (Å²) in [5, 5.41) is 33.8. The summed E-state index contributed by atoms with van der Waals surface area (Å²) in [5.41, 5.74) is 10.9. The highest BCUT2D eigenvalue weighted by atomic mass is 16.4. The highest BCUT2D eigenvalue weighted by molar-refractivity contribution is 5.95. The quantitative estimate of drug-likeness (QED) is 0.0950. The number of hydrogen-bond acceptors (Lipinski definition) is 9. The zero-order valence-corrected chi connectivity index (χ0v) is 19.5. The van der Waals surface area contributed by atoms with Gasteiger partial charge in [-0.2, -0.15) is 0 Å². The van der Waals surface area contributed by atoms with Gasteiger partial charge < -0.3 is 47.7 Å². The minimum absolute atomic E-state index is 0.193. The van der Waals surface area contributed by atoms with Crippen LogP contribution in [0, 0.1) is 0 Å². The van der Waals surface area contributed by atoms with E-state index in [0.29, 0.717) is 5.69 Å². The van der Waals surface area contributed by atoms with Gasteiger partial charge in [-0.15, -0.1) is 0 Å². The Labute approximate surface area is 209 Å². The molecule has 0 saturated carbocycles. The van der Waals surface area contributed by atoms with Gasteiger partial charge >= 0.3 is 17.9 Å². The number of carboxylic acid groups (broad SMARTS) is 3. The fraction of sp³-hybridized carbons (Fsp3) is 0.500. The third kappa shape index (κ3) is 11.6. The molecule has 0 saturated heterocycles. The predicted molar refractivity (Wildman–Crippen MR) is 121 cm³/mol. The number of aliphatic carboxylic acids is 3. The van der Waals surface area contributed by atoms with Crippen LogP contribution in [0.25, 0.3) is 0 Å². The maximum Gasteiger partial charge on any atom is 0.326 e. The molecule has 0 spiro atoms. The van der Waals surface area contributed by atoms with Crippen LogP contribution in [0.4, 0.5) is 0 Å². The van der Waals surface area contributed by atoms with Crippen molar-refractivity contribution in [3.05, 3.63) is 18.2 Å². The molecule has 1 aromatic rings. The highest BCUT2D eigenvalue weighted by Crippen LogP contribution is 2.06. The van der Waals surface area contributed by atoms with E-state index in [-0.39, 0.29) is 19.3 Å². The topological polar surface area (TPSA) is 297 Å². The van der Waals surface area contributed by atoms with Gasteiger partial charge in [-0.05, 0) is 12.8 Å². The summed E-state index contributed by atoms with van der Waals surface area (Å²) < 4.78 is 0. The molecule has 1 rings (SSSR count). The number of imidazole rings is 1. The molecular weight excluding hydrogens is 498 g/mol. The summed E-state index contributed by atoms with van der Waals surface area (Å²) in [6.07, 6.45) is -0.0281. The third-order valence-electron chi connectivity index (χ3n) is 4.92. The van der Waals surface area contributed by atoms with Crippen LogP contribution in [0.1, 0.15) is 37.8 Å². The molecule has 0 bridgehead atoms. The second-order valence-corrected chi connectivity index (χ2v) is 7.94. The molecule has 11 N–H and O–H groups in total. The zero-order valence-electron chi connectivity index (χ0n) is 19.5. The number of rotatable bonds is 17. The van der Waals surface area contributed by atoms with E-state index in [9.17, 15) is 38.7 Å². The number of carbonyl (C=O) groups excluding carboxylic acids is 4. The number of hydrogen-bond donors (Lipinski definition) is 9. The van der Waals surface area contributed by atoms with Gasteiger partial charge in [-0.25, -0.2) is 9.78 Å². The first-order chi connectivity index (χ1) is 17.3. The van der Waals surface area contributed by atoms with Crippen LogP contribution in [-0.2, 0) is 40.0 Å². The Kier molecular flexibility index (Phi) is 12.2. The number of amides is 4. The molecule has 0 radical (unpaired) electrons. The van der Waals surface area contributed by atoms with Crippen LogP contribution in [0.3, 0.4) is 0 Å². The molecule has 1 aromatic heterocycles. The summed E-state index contributed by atoms with van der Waals surface area (Å²) in [6.45, 7) is 0. The minimum atomic E-state index is -1.56. The van der Waals surface area contributed by atoms with Gasteiger partial charge in [-0.3, -0.25) is 28.8 Å². The van der Waals surface area contributed by atoms with Crippen molar-refractivity contribution in [1.29, 1.82) is 0 Å². The van der Waals surface area contributed by atoms with E-state index in [1.165, 1.54) is 12.5 Å². The lowest BCUT2D eigenvalue weighted by Crippen LogP contribution is -2.57.